The molecule has 1 aromatic carbocycles. The van der Waals surface area contributed by atoms with E-state index in [1.54, 1.807) is 7.11 Å². The quantitative estimate of drug-likeness (QED) is 0.666. The first-order chi connectivity index (χ1) is 11.7. The Hall–Kier alpha value is -1.79. The predicted octanol–water partition coefficient (Wildman–Crippen LogP) is 1.39. The van der Waals surface area contributed by atoms with Crippen molar-refractivity contribution in [2.75, 3.05) is 53.2 Å². The third-order valence-electron chi connectivity index (χ3n) is 5.03. The summed E-state index contributed by atoms with van der Waals surface area (Å²) < 4.78 is 16.2. The van der Waals surface area contributed by atoms with Crippen LogP contribution >= 0.6 is 0 Å². The van der Waals surface area contributed by atoms with Gasteiger partial charge in [-0.05, 0) is 30.5 Å². The molecule has 6 nitrogen and oxygen atoms in total. The molecule has 0 aliphatic carbocycles. The summed E-state index contributed by atoms with van der Waals surface area (Å²) in [6.45, 7) is 5.27. The number of ether oxygens (including phenoxy) is 3. The molecule has 0 amide bonds. The van der Waals surface area contributed by atoms with Crippen LogP contribution in [-0.2, 0) is 14.9 Å². The lowest BCUT2D eigenvalue weighted by atomic mass is 9.74. The fourth-order valence-electron chi connectivity index (χ4n) is 3.37. The van der Waals surface area contributed by atoms with Crippen molar-refractivity contribution in [1.82, 2.24) is 4.90 Å². The largest absolute Gasteiger partial charge is 0.497 e. The molecule has 2 heterocycles. The van der Waals surface area contributed by atoms with Crippen molar-refractivity contribution in [3.05, 3.63) is 29.8 Å². The first-order valence-electron chi connectivity index (χ1n) is 8.58. The summed E-state index contributed by atoms with van der Waals surface area (Å²) in [5, 5.41) is 0. The van der Waals surface area contributed by atoms with Gasteiger partial charge in [-0.15, -0.1) is 0 Å². The Morgan fingerprint density at radius 1 is 1.12 bits per heavy atom. The second-order valence-electron chi connectivity index (χ2n) is 6.40. The van der Waals surface area contributed by atoms with E-state index in [1.165, 1.54) is 5.56 Å². The van der Waals surface area contributed by atoms with Gasteiger partial charge < -0.3 is 24.8 Å². The predicted molar refractivity (Wildman–Crippen MR) is 93.6 cm³/mol. The van der Waals surface area contributed by atoms with Gasteiger partial charge in [0.15, 0.2) is 5.96 Å². The standard InChI is InChI=1S/C18H27N3O3/c1-22-16-4-2-15(3-5-16)18(6-10-23-11-7-18)14-20-17(19)21-8-12-24-13-9-21/h2-5H,6-14H2,1H3,(H2,19,20). The number of nitrogens with zero attached hydrogens (tertiary/aromatic N) is 2. The van der Waals surface area contributed by atoms with Crippen molar-refractivity contribution in [1.29, 1.82) is 0 Å². The Morgan fingerprint density at radius 2 is 1.75 bits per heavy atom. The van der Waals surface area contributed by atoms with E-state index in [9.17, 15) is 0 Å². The van der Waals surface area contributed by atoms with E-state index < -0.39 is 0 Å². The highest BCUT2D eigenvalue weighted by atomic mass is 16.5. The Morgan fingerprint density at radius 3 is 2.38 bits per heavy atom. The molecule has 2 aliphatic heterocycles. The lowest BCUT2D eigenvalue weighted by Gasteiger charge is -2.37. The van der Waals surface area contributed by atoms with Crippen molar-refractivity contribution in [3.63, 3.8) is 0 Å². The molecule has 3 rings (SSSR count). The van der Waals surface area contributed by atoms with Crippen molar-refractivity contribution in [2.45, 2.75) is 18.3 Å². The lowest BCUT2D eigenvalue weighted by molar-refractivity contribution is 0.0524. The monoisotopic (exact) mass is 333 g/mol. The molecule has 2 aliphatic rings. The zero-order valence-electron chi connectivity index (χ0n) is 14.4. The number of rotatable bonds is 4. The van der Waals surface area contributed by atoms with Crippen molar-refractivity contribution in [3.8, 4) is 5.75 Å². The number of nitrogens with two attached hydrogens (primary N) is 1. The van der Waals surface area contributed by atoms with Crippen LogP contribution in [0.1, 0.15) is 18.4 Å². The van der Waals surface area contributed by atoms with Gasteiger partial charge in [0.05, 0.1) is 26.9 Å². The van der Waals surface area contributed by atoms with E-state index in [0.717, 1.165) is 44.9 Å². The minimum absolute atomic E-state index is 0.0125. The maximum atomic E-state index is 6.22. The van der Waals surface area contributed by atoms with Crippen LogP contribution in [0.5, 0.6) is 5.75 Å². The van der Waals surface area contributed by atoms with Crippen LogP contribution in [0.25, 0.3) is 0 Å². The highest BCUT2D eigenvalue weighted by molar-refractivity contribution is 5.78. The van der Waals surface area contributed by atoms with Gasteiger partial charge in [0, 0.05) is 31.7 Å². The van der Waals surface area contributed by atoms with Crippen molar-refractivity contribution in [2.24, 2.45) is 10.7 Å². The summed E-state index contributed by atoms with van der Waals surface area (Å²) in [6, 6.07) is 8.32. The maximum absolute atomic E-state index is 6.22. The molecule has 2 saturated heterocycles. The third kappa shape index (κ3) is 3.82. The number of morpholine rings is 1. The Kier molecular flexibility index (Phi) is 5.58. The first-order valence-corrected chi connectivity index (χ1v) is 8.58. The van der Waals surface area contributed by atoms with Gasteiger partial charge >= 0.3 is 0 Å². The average molecular weight is 333 g/mol. The van der Waals surface area contributed by atoms with Gasteiger partial charge in [0.2, 0.25) is 0 Å². The lowest BCUT2D eigenvalue weighted by Crippen LogP contribution is -2.46. The number of methoxy groups -OCH3 is 1. The zero-order chi connectivity index (χ0) is 16.8. The smallest absolute Gasteiger partial charge is 0.191 e. The fraction of sp³-hybridized carbons (Fsp3) is 0.611. The van der Waals surface area contributed by atoms with Crippen LogP contribution in [0.3, 0.4) is 0 Å². The molecular formula is C18H27N3O3. The van der Waals surface area contributed by atoms with Gasteiger partial charge in [-0.2, -0.15) is 0 Å². The van der Waals surface area contributed by atoms with E-state index in [4.69, 9.17) is 24.9 Å². The maximum Gasteiger partial charge on any atom is 0.191 e. The second-order valence-corrected chi connectivity index (χ2v) is 6.40. The van der Waals surface area contributed by atoms with Gasteiger partial charge in [0.1, 0.15) is 5.75 Å². The number of benzene rings is 1. The molecule has 0 saturated carbocycles. The summed E-state index contributed by atoms with van der Waals surface area (Å²) in [5.41, 5.74) is 7.49. The number of hydrogen-bond acceptors (Lipinski definition) is 4. The molecule has 0 unspecified atom stereocenters. The molecular weight excluding hydrogens is 306 g/mol. The molecule has 0 atom stereocenters. The number of aliphatic imine (C=N–C) groups is 1. The van der Waals surface area contributed by atoms with Gasteiger partial charge in [0.25, 0.3) is 0 Å². The molecule has 24 heavy (non-hydrogen) atoms. The van der Waals surface area contributed by atoms with Gasteiger partial charge in [-0.3, -0.25) is 4.99 Å². The first kappa shape index (κ1) is 17.0. The Bertz CT molecular complexity index is 547. The zero-order valence-corrected chi connectivity index (χ0v) is 14.4. The molecule has 0 bridgehead atoms. The van der Waals surface area contributed by atoms with Crippen LogP contribution in [0.15, 0.2) is 29.3 Å². The van der Waals surface area contributed by atoms with Crippen LogP contribution in [0, 0.1) is 0 Å². The highest BCUT2D eigenvalue weighted by Crippen LogP contribution is 2.36. The normalized spacial score (nSPS) is 21.5. The number of hydrogen-bond donors (Lipinski definition) is 1. The average Bonchev–Trinajstić information content (AvgIpc) is 2.67. The summed E-state index contributed by atoms with van der Waals surface area (Å²) in [4.78, 5) is 6.84. The number of guanidine groups is 1. The second kappa shape index (κ2) is 7.85. The summed E-state index contributed by atoms with van der Waals surface area (Å²) in [7, 11) is 1.69. The molecule has 0 aromatic heterocycles. The molecule has 132 valence electrons. The van der Waals surface area contributed by atoms with Crippen LogP contribution in [-0.4, -0.2) is 64.0 Å². The van der Waals surface area contributed by atoms with Crippen molar-refractivity contribution < 1.29 is 14.2 Å². The van der Waals surface area contributed by atoms with Crippen LogP contribution in [0.2, 0.25) is 0 Å². The van der Waals surface area contributed by atoms with E-state index in [-0.39, 0.29) is 5.41 Å². The van der Waals surface area contributed by atoms with Crippen molar-refractivity contribution >= 4 is 5.96 Å². The molecule has 6 heteroatoms. The van der Waals surface area contributed by atoms with Crippen LogP contribution < -0.4 is 10.5 Å². The Labute approximate surface area is 143 Å². The topological polar surface area (TPSA) is 69.3 Å². The SMILES string of the molecule is COc1ccc(C2(CN=C(N)N3CCOCC3)CCOCC2)cc1. The Balaban J connectivity index is 1.77. The molecule has 0 radical (unpaired) electrons. The fourth-order valence-corrected chi connectivity index (χ4v) is 3.37. The molecule has 0 spiro atoms. The van der Waals surface area contributed by atoms with E-state index in [0.29, 0.717) is 25.7 Å². The molecule has 2 fully saturated rings. The van der Waals surface area contributed by atoms with Gasteiger partial charge in [-0.1, -0.05) is 12.1 Å². The summed E-state index contributed by atoms with van der Waals surface area (Å²) >= 11 is 0. The van der Waals surface area contributed by atoms with E-state index in [1.807, 2.05) is 12.1 Å². The van der Waals surface area contributed by atoms with E-state index >= 15 is 0 Å². The molecule has 2 N–H and O–H groups in total. The minimum atomic E-state index is -0.0125. The van der Waals surface area contributed by atoms with E-state index in [2.05, 4.69) is 17.0 Å². The van der Waals surface area contributed by atoms with Crippen LogP contribution in [0.4, 0.5) is 0 Å². The minimum Gasteiger partial charge on any atom is -0.497 e. The highest BCUT2D eigenvalue weighted by Gasteiger charge is 2.34. The molecule has 1 aromatic rings. The summed E-state index contributed by atoms with van der Waals surface area (Å²) in [5.74, 6) is 1.50. The van der Waals surface area contributed by atoms with Gasteiger partial charge in [-0.25, -0.2) is 0 Å². The third-order valence-corrected chi connectivity index (χ3v) is 5.03. The summed E-state index contributed by atoms with van der Waals surface area (Å²) in [6.07, 6.45) is 1.92.